The second kappa shape index (κ2) is 5.17. The molecule has 2 heterocycles. The Balaban J connectivity index is 1.88. The van der Waals surface area contributed by atoms with Gasteiger partial charge in [0, 0.05) is 4.88 Å². The minimum absolute atomic E-state index is 0.242. The Kier molecular flexibility index (Phi) is 3.54. The highest BCUT2D eigenvalue weighted by atomic mass is 79.9. The third-order valence-electron chi connectivity index (χ3n) is 3.34. The van der Waals surface area contributed by atoms with E-state index in [-0.39, 0.29) is 6.04 Å². The molecule has 0 aliphatic carbocycles. The van der Waals surface area contributed by atoms with Crippen molar-refractivity contribution in [1.82, 2.24) is 0 Å². The molecule has 0 radical (unpaired) electrons. The van der Waals surface area contributed by atoms with Gasteiger partial charge in [0.25, 0.3) is 0 Å². The van der Waals surface area contributed by atoms with Crippen LogP contribution in [0.1, 0.15) is 36.2 Å². The van der Waals surface area contributed by atoms with E-state index in [4.69, 9.17) is 4.74 Å². The van der Waals surface area contributed by atoms with Crippen LogP contribution in [-0.2, 0) is 0 Å². The molecule has 0 bridgehead atoms. The fourth-order valence-electron chi connectivity index (χ4n) is 2.22. The lowest BCUT2D eigenvalue weighted by atomic mass is 10.0. The Labute approximate surface area is 125 Å². The monoisotopic (exact) mass is 337 g/mol. The van der Waals surface area contributed by atoms with E-state index >= 15 is 0 Å². The predicted molar refractivity (Wildman–Crippen MR) is 84.4 cm³/mol. The minimum Gasteiger partial charge on any atom is -0.489 e. The van der Waals surface area contributed by atoms with Gasteiger partial charge in [-0.05, 0) is 51.7 Å². The third kappa shape index (κ3) is 2.65. The van der Waals surface area contributed by atoms with Crippen LogP contribution in [0.3, 0.4) is 0 Å². The zero-order chi connectivity index (χ0) is 13.4. The molecule has 0 saturated heterocycles. The van der Waals surface area contributed by atoms with Crippen molar-refractivity contribution in [2.75, 3.05) is 11.9 Å². The molecule has 0 spiro atoms. The number of nitrogens with one attached hydrogen (secondary N) is 1. The van der Waals surface area contributed by atoms with Gasteiger partial charge in [0.2, 0.25) is 0 Å². The van der Waals surface area contributed by atoms with E-state index in [1.807, 2.05) is 0 Å². The summed E-state index contributed by atoms with van der Waals surface area (Å²) in [5, 5.41) is 3.59. The summed E-state index contributed by atoms with van der Waals surface area (Å²) in [6.07, 6.45) is 0. The number of fused-ring (bicyclic) bond motifs is 1. The van der Waals surface area contributed by atoms with Crippen LogP contribution >= 0.6 is 27.3 Å². The lowest BCUT2D eigenvalue weighted by molar-refractivity contribution is 0.288. The molecule has 2 nitrogen and oxygen atoms in total. The lowest BCUT2D eigenvalue weighted by Gasteiger charge is -2.27. The summed E-state index contributed by atoms with van der Waals surface area (Å²) in [7, 11) is 0. The van der Waals surface area contributed by atoms with Gasteiger partial charge < -0.3 is 10.1 Å². The largest absolute Gasteiger partial charge is 0.489 e. The average Bonchev–Trinajstić information content (AvgIpc) is 2.84. The first kappa shape index (κ1) is 13.0. The topological polar surface area (TPSA) is 21.3 Å². The van der Waals surface area contributed by atoms with Crippen LogP contribution in [0.5, 0.6) is 5.75 Å². The van der Waals surface area contributed by atoms with Gasteiger partial charge in [-0.2, -0.15) is 0 Å². The normalized spacial score (nSPS) is 17.8. The van der Waals surface area contributed by atoms with E-state index in [1.165, 1.54) is 10.4 Å². The van der Waals surface area contributed by atoms with Gasteiger partial charge in [-0.15, -0.1) is 11.3 Å². The van der Waals surface area contributed by atoms with Crippen molar-refractivity contribution in [2.24, 2.45) is 0 Å². The summed E-state index contributed by atoms with van der Waals surface area (Å²) in [6.45, 7) is 5.10. The molecule has 1 aromatic carbocycles. The molecule has 19 heavy (non-hydrogen) atoms. The third-order valence-corrected chi connectivity index (χ3v) is 5.08. The summed E-state index contributed by atoms with van der Waals surface area (Å²) in [5.41, 5.74) is 2.44. The predicted octanol–water partition coefficient (Wildman–Crippen LogP) is 5.18. The standard InChI is InChI=1S/C15H16BrNOS/c1-9(2)10-3-4-13-11(7-10)17-12(8-18-13)14-5-6-15(16)19-14/h3-7,9,12,17H,8H2,1-2H3. The van der Waals surface area contributed by atoms with E-state index in [1.54, 1.807) is 11.3 Å². The average molecular weight is 338 g/mol. The van der Waals surface area contributed by atoms with E-state index in [0.29, 0.717) is 12.5 Å². The van der Waals surface area contributed by atoms with Gasteiger partial charge in [0.1, 0.15) is 12.4 Å². The van der Waals surface area contributed by atoms with Gasteiger partial charge in [0.15, 0.2) is 0 Å². The zero-order valence-electron chi connectivity index (χ0n) is 10.9. The van der Waals surface area contributed by atoms with E-state index in [0.717, 1.165) is 15.2 Å². The molecular formula is C15H16BrNOS. The van der Waals surface area contributed by atoms with Gasteiger partial charge in [-0.1, -0.05) is 19.9 Å². The molecule has 1 aromatic heterocycles. The Hall–Kier alpha value is -1.000. The molecule has 1 N–H and O–H groups in total. The number of rotatable bonds is 2. The molecular weight excluding hydrogens is 322 g/mol. The number of thiophene rings is 1. The van der Waals surface area contributed by atoms with Crippen molar-refractivity contribution in [3.63, 3.8) is 0 Å². The van der Waals surface area contributed by atoms with Crippen molar-refractivity contribution >= 4 is 33.0 Å². The highest BCUT2D eigenvalue weighted by Gasteiger charge is 2.22. The van der Waals surface area contributed by atoms with Gasteiger partial charge >= 0.3 is 0 Å². The molecule has 2 aromatic rings. The molecule has 3 rings (SSSR count). The van der Waals surface area contributed by atoms with Crippen molar-refractivity contribution in [2.45, 2.75) is 25.8 Å². The zero-order valence-corrected chi connectivity index (χ0v) is 13.3. The SMILES string of the molecule is CC(C)c1ccc2c(c1)NC(c1ccc(Br)s1)CO2. The number of hydrogen-bond donors (Lipinski definition) is 1. The lowest BCUT2D eigenvalue weighted by Crippen LogP contribution is -2.23. The Bertz CT molecular complexity index is 594. The quantitative estimate of drug-likeness (QED) is 0.815. The minimum atomic E-state index is 0.242. The second-order valence-corrected chi connectivity index (χ2v) is 7.55. The van der Waals surface area contributed by atoms with E-state index < -0.39 is 0 Å². The molecule has 1 aliphatic heterocycles. The number of benzene rings is 1. The van der Waals surface area contributed by atoms with Gasteiger partial charge in [-0.3, -0.25) is 0 Å². The number of anilines is 1. The Morgan fingerprint density at radius 1 is 1.32 bits per heavy atom. The van der Waals surface area contributed by atoms with Crippen LogP contribution in [0.2, 0.25) is 0 Å². The Morgan fingerprint density at radius 3 is 2.84 bits per heavy atom. The van der Waals surface area contributed by atoms with Crippen LogP contribution in [0.25, 0.3) is 0 Å². The van der Waals surface area contributed by atoms with Crippen LogP contribution < -0.4 is 10.1 Å². The number of hydrogen-bond acceptors (Lipinski definition) is 3. The highest BCUT2D eigenvalue weighted by Crippen LogP contribution is 2.38. The molecule has 1 atom stereocenters. The first-order valence-corrected chi connectivity index (χ1v) is 8.03. The summed E-state index contributed by atoms with van der Waals surface area (Å²) >= 11 is 5.26. The second-order valence-electron chi connectivity index (χ2n) is 5.06. The summed E-state index contributed by atoms with van der Waals surface area (Å²) in [6, 6.07) is 10.9. The fraction of sp³-hybridized carbons (Fsp3) is 0.333. The summed E-state index contributed by atoms with van der Waals surface area (Å²) in [5.74, 6) is 1.49. The van der Waals surface area contributed by atoms with Gasteiger partial charge in [0.05, 0.1) is 15.5 Å². The first-order valence-electron chi connectivity index (χ1n) is 6.42. The van der Waals surface area contributed by atoms with Crippen molar-refractivity contribution in [3.8, 4) is 5.75 Å². The summed E-state index contributed by atoms with van der Waals surface area (Å²) in [4.78, 5) is 1.30. The first-order chi connectivity index (χ1) is 9.13. The Morgan fingerprint density at radius 2 is 2.16 bits per heavy atom. The van der Waals surface area contributed by atoms with Gasteiger partial charge in [-0.25, -0.2) is 0 Å². The van der Waals surface area contributed by atoms with Crippen molar-refractivity contribution < 1.29 is 4.74 Å². The number of halogens is 1. The van der Waals surface area contributed by atoms with Crippen LogP contribution in [0.4, 0.5) is 5.69 Å². The van der Waals surface area contributed by atoms with E-state index in [9.17, 15) is 0 Å². The molecule has 0 fully saturated rings. The molecule has 1 unspecified atom stereocenters. The van der Waals surface area contributed by atoms with E-state index in [2.05, 4.69) is 65.4 Å². The molecule has 4 heteroatoms. The smallest absolute Gasteiger partial charge is 0.142 e. The van der Waals surface area contributed by atoms with Crippen LogP contribution in [0, 0.1) is 0 Å². The van der Waals surface area contributed by atoms with Crippen LogP contribution in [0.15, 0.2) is 34.1 Å². The molecule has 0 amide bonds. The van der Waals surface area contributed by atoms with Crippen molar-refractivity contribution in [3.05, 3.63) is 44.6 Å². The molecule has 1 aliphatic rings. The molecule has 100 valence electrons. The summed E-state index contributed by atoms with van der Waals surface area (Å²) < 4.78 is 7.02. The maximum atomic E-state index is 5.86. The maximum absolute atomic E-state index is 5.86. The van der Waals surface area contributed by atoms with Crippen molar-refractivity contribution in [1.29, 1.82) is 0 Å². The molecule has 0 saturated carbocycles. The number of ether oxygens (including phenoxy) is 1. The fourth-order valence-corrected chi connectivity index (χ4v) is 3.68. The van der Waals surface area contributed by atoms with Crippen LogP contribution in [-0.4, -0.2) is 6.61 Å². The highest BCUT2D eigenvalue weighted by molar-refractivity contribution is 9.11. The maximum Gasteiger partial charge on any atom is 0.142 e.